The number of hydrogen-bond donors (Lipinski definition) is 3. The Hall–Kier alpha value is -5.80. The van der Waals surface area contributed by atoms with Gasteiger partial charge in [-0.2, -0.15) is 0 Å². The molecule has 1 saturated carbocycles. The summed E-state index contributed by atoms with van der Waals surface area (Å²) in [6, 6.07) is 18.1. The van der Waals surface area contributed by atoms with Gasteiger partial charge >= 0.3 is 0 Å². The Morgan fingerprint density at radius 3 is 2.41 bits per heavy atom. The second kappa shape index (κ2) is 16.2. The minimum atomic E-state index is -1.00. The number of fused-ring (bicyclic) bond motifs is 2. The van der Waals surface area contributed by atoms with Gasteiger partial charge in [-0.3, -0.25) is 29.6 Å². The van der Waals surface area contributed by atoms with Crippen molar-refractivity contribution in [2.24, 2.45) is 5.92 Å². The number of imidazole rings is 1. The number of hydrogen-bond acceptors (Lipinski definition) is 11. The molecule has 3 atom stereocenters. The largest absolute Gasteiger partial charge is 0.385 e. The molecule has 0 spiro atoms. The summed E-state index contributed by atoms with van der Waals surface area (Å²) in [5, 5.41) is 13.8. The van der Waals surface area contributed by atoms with E-state index in [0.717, 1.165) is 105 Å². The van der Waals surface area contributed by atoms with E-state index in [4.69, 9.17) is 21.7 Å². The summed E-state index contributed by atoms with van der Waals surface area (Å²) in [5.74, 6) is 0.0719. The monoisotopic (exact) mass is 845 g/mol. The molecular weight excluding hydrogens is 797 g/mol. The van der Waals surface area contributed by atoms with E-state index in [1.807, 2.05) is 31.4 Å². The molecule has 2 aromatic carbocycles. The maximum absolute atomic E-state index is 13.6. The second-order valence-corrected chi connectivity index (χ2v) is 17.3. The number of anilines is 5. The molecule has 0 bridgehead atoms. The van der Waals surface area contributed by atoms with E-state index in [1.165, 1.54) is 11.8 Å². The Kier molecular flexibility index (Phi) is 10.5. The molecule has 0 radical (unpaired) electrons. The fourth-order valence-corrected chi connectivity index (χ4v) is 9.85. The van der Waals surface area contributed by atoms with Crippen LogP contribution >= 0.6 is 11.6 Å². The first-order valence-corrected chi connectivity index (χ1v) is 21.8. The topological polar surface area (TPSA) is 143 Å². The van der Waals surface area contributed by atoms with Gasteiger partial charge in [-0.25, -0.2) is 13.9 Å². The highest BCUT2D eigenvalue weighted by Gasteiger charge is 2.39. The van der Waals surface area contributed by atoms with Crippen molar-refractivity contribution >= 4 is 63.5 Å². The number of amides is 3. The van der Waals surface area contributed by atoms with Crippen LogP contribution in [0, 0.1) is 5.92 Å². The minimum Gasteiger partial charge on any atom is -0.385 e. The van der Waals surface area contributed by atoms with Crippen molar-refractivity contribution < 1.29 is 18.8 Å². The van der Waals surface area contributed by atoms with Crippen LogP contribution in [-0.2, 0) is 16.0 Å². The van der Waals surface area contributed by atoms with Gasteiger partial charge in [-0.1, -0.05) is 29.8 Å². The molecule has 7 heterocycles. The number of imide groups is 1. The van der Waals surface area contributed by atoms with Gasteiger partial charge in [0.1, 0.15) is 6.17 Å². The van der Waals surface area contributed by atoms with Crippen molar-refractivity contribution in [3.8, 4) is 11.3 Å². The minimum absolute atomic E-state index is 0.220. The Morgan fingerprint density at radius 1 is 0.902 bits per heavy atom. The van der Waals surface area contributed by atoms with E-state index in [0.29, 0.717) is 48.2 Å². The van der Waals surface area contributed by atoms with Gasteiger partial charge < -0.3 is 25.3 Å². The standard InChI is InChI=1S/C45H49ClFN11O3/c1-48-38-23-41(53-58-40(25-50-43(38)58)45(61)51-37-22-35(37)47)57-16-13-32-31(3-2-4-39(32)57)36-9-6-29(24-49-36)56-19-17-54(18-20-56)26-27-11-14-55(15-12-27)28-5-7-30(34(46)21-28)33-8-10-42(59)52-44(33)60/h2-7,9,21,23-25,27,33,35,37,48H,8,10-20,22,26H2,1H3,(H,51,61)(H,52,59,60)/t33?,35-,37+/m0/s1. The molecule has 4 aliphatic heterocycles. The van der Waals surface area contributed by atoms with E-state index < -0.39 is 12.2 Å². The number of aromatic nitrogens is 4. The second-order valence-electron chi connectivity index (χ2n) is 16.9. The van der Waals surface area contributed by atoms with Crippen LogP contribution in [0.5, 0.6) is 0 Å². The number of rotatable bonds is 10. The van der Waals surface area contributed by atoms with Crippen molar-refractivity contribution in [3.63, 3.8) is 0 Å². The zero-order valence-corrected chi connectivity index (χ0v) is 34.9. The third kappa shape index (κ3) is 7.73. The van der Waals surface area contributed by atoms with Crippen molar-refractivity contribution in [1.29, 1.82) is 0 Å². The number of benzene rings is 2. The Labute approximate surface area is 358 Å². The van der Waals surface area contributed by atoms with E-state index in [-0.39, 0.29) is 29.3 Å². The normalized spacial score (nSPS) is 22.1. The lowest BCUT2D eigenvalue weighted by atomic mass is 9.90. The van der Waals surface area contributed by atoms with Crippen LogP contribution < -0.4 is 30.7 Å². The number of piperazine rings is 1. The Morgan fingerprint density at radius 2 is 1.69 bits per heavy atom. The molecule has 4 fully saturated rings. The quantitative estimate of drug-likeness (QED) is 0.152. The average Bonchev–Trinajstić information content (AvgIpc) is 3.59. The first-order chi connectivity index (χ1) is 29.7. The molecule has 16 heteroatoms. The number of alkyl halides is 1. The lowest BCUT2D eigenvalue weighted by molar-refractivity contribution is -0.134. The molecule has 3 amide bonds. The predicted octanol–water partition coefficient (Wildman–Crippen LogP) is 5.58. The fraction of sp³-hybridized carbons (Fsp3) is 0.422. The van der Waals surface area contributed by atoms with Gasteiger partial charge in [-0.05, 0) is 73.1 Å². The lowest BCUT2D eigenvalue weighted by Gasteiger charge is -2.40. The zero-order chi connectivity index (χ0) is 41.8. The summed E-state index contributed by atoms with van der Waals surface area (Å²) in [7, 11) is 1.82. The van der Waals surface area contributed by atoms with Gasteiger partial charge in [0.2, 0.25) is 11.8 Å². The van der Waals surface area contributed by atoms with Gasteiger partial charge in [-0.15, -0.1) is 5.10 Å². The zero-order valence-electron chi connectivity index (χ0n) is 34.1. The number of carbonyl (C=O) groups excluding carboxylic acids is 3. The summed E-state index contributed by atoms with van der Waals surface area (Å²) in [5.41, 5.74) is 8.82. The first kappa shape index (κ1) is 39.3. The maximum atomic E-state index is 13.6. The predicted molar refractivity (Wildman–Crippen MR) is 234 cm³/mol. The van der Waals surface area contributed by atoms with E-state index in [2.05, 4.69) is 76.9 Å². The number of piperidine rings is 2. The summed E-state index contributed by atoms with van der Waals surface area (Å²) in [6.07, 6.45) is 6.71. The van der Waals surface area contributed by atoms with Crippen LogP contribution in [0.1, 0.15) is 59.6 Å². The van der Waals surface area contributed by atoms with Crippen LogP contribution in [0.25, 0.3) is 16.9 Å². The third-order valence-corrected chi connectivity index (χ3v) is 13.5. The molecule has 61 heavy (non-hydrogen) atoms. The molecule has 3 aromatic heterocycles. The summed E-state index contributed by atoms with van der Waals surface area (Å²) in [6.45, 7) is 7.70. The molecule has 14 nitrogen and oxygen atoms in total. The van der Waals surface area contributed by atoms with Crippen LogP contribution in [0.4, 0.5) is 33.0 Å². The van der Waals surface area contributed by atoms with Crippen LogP contribution in [0.2, 0.25) is 5.02 Å². The van der Waals surface area contributed by atoms with E-state index >= 15 is 0 Å². The van der Waals surface area contributed by atoms with Gasteiger partial charge in [0, 0.05) is 100 Å². The van der Waals surface area contributed by atoms with Crippen molar-refractivity contribution in [1.82, 2.24) is 35.1 Å². The average molecular weight is 846 g/mol. The van der Waals surface area contributed by atoms with Gasteiger partial charge in [0.25, 0.3) is 5.91 Å². The highest BCUT2D eigenvalue weighted by molar-refractivity contribution is 6.32. The molecule has 1 aliphatic carbocycles. The highest BCUT2D eigenvalue weighted by atomic mass is 35.5. The lowest BCUT2D eigenvalue weighted by Crippen LogP contribution is -2.49. The van der Waals surface area contributed by atoms with E-state index in [1.54, 1.807) is 4.52 Å². The molecular formula is C45H49ClFN11O3. The molecule has 10 rings (SSSR count). The van der Waals surface area contributed by atoms with Crippen LogP contribution in [-0.4, -0.2) is 114 Å². The molecule has 3 N–H and O–H groups in total. The SMILES string of the molecule is CNc1cc(N2CCc3c(-c4ccc(N5CCN(CC6CCN(c7ccc(C8CCC(=O)NC8=O)c(Cl)c7)CC6)CC5)cn4)cccc32)nn2c(C(=O)N[C@@H]3C[C@@H]3F)cnc12. The fourth-order valence-electron chi connectivity index (χ4n) is 9.54. The number of pyridine rings is 1. The molecule has 316 valence electrons. The van der Waals surface area contributed by atoms with Gasteiger partial charge in [0.15, 0.2) is 17.2 Å². The Balaban J connectivity index is 0.742. The van der Waals surface area contributed by atoms with Gasteiger partial charge in [0.05, 0.1) is 41.4 Å². The van der Waals surface area contributed by atoms with Crippen molar-refractivity contribution in [2.75, 3.05) is 79.4 Å². The number of nitrogens with zero attached hydrogens (tertiary/aromatic N) is 8. The van der Waals surface area contributed by atoms with Crippen molar-refractivity contribution in [2.45, 2.75) is 56.7 Å². The summed E-state index contributed by atoms with van der Waals surface area (Å²) in [4.78, 5) is 56.1. The van der Waals surface area contributed by atoms with E-state index in [9.17, 15) is 18.8 Å². The van der Waals surface area contributed by atoms with Crippen LogP contribution in [0.15, 0.2) is 67.0 Å². The summed E-state index contributed by atoms with van der Waals surface area (Å²) >= 11 is 6.69. The molecule has 3 saturated heterocycles. The maximum Gasteiger partial charge on any atom is 0.271 e. The summed E-state index contributed by atoms with van der Waals surface area (Å²) < 4.78 is 15.1. The molecule has 5 aromatic rings. The third-order valence-electron chi connectivity index (χ3n) is 13.1. The number of nitrogens with one attached hydrogen (secondary N) is 3. The first-order valence-electron chi connectivity index (χ1n) is 21.4. The Bertz CT molecular complexity index is 2500. The molecule has 1 unspecified atom stereocenters. The smallest absolute Gasteiger partial charge is 0.271 e. The van der Waals surface area contributed by atoms with Crippen molar-refractivity contribution in [3.05, 3.63) is 88.8 Å². The van der Waals surface area contributed by atoms with Crippen LogP contribution in [0.3, 0.4) is 0 Å². The number of halogens is 2. The highest BCUT2D eigenvalue weighted by Crippen LogP contribution is 2.40. The number of carbonyl (C=O) groups is 3. The molecule has 5 aliphatic rings.